The van der Waals surface area contributed by atoms with Gasteiger partial charge in [0, 0.05) is 18.9 Å². The number of amides is 1. The number of hydrogen-bond donors (Lipinski definition) is 2. The molecule has 5 nitrogen and oxygen atoms in total. The number of nitrogens with zero attached hydrogens (tertiary/aromatic N) is 2. The Balaban J connectivity index is 2.28. The second kappa shape index (κ2) is 7.24. The lowest BCUT2D eigenvalue weighted by Gasteiger charge is -2.17. The Hall–Kier alpha value is -1.85. The molecule has 2 rings (SSSR count). The van der Waals surface area contributed by atoms with Crippen LogP contribution in [0.15, 0.2) is 36.9 Å². The van der Waals surface area contributed by atoms with Gasteiger partial charge in [0.05, 0.1) is 28.6 Å². The smallest absolute Gasteiger partial charge is 0.228 e. The van der Waals surface area contributed by atoms with E-state index >= 15 is 0 Å². The zero-order valence-corrected chi connectivity index (χ0v) is 12.7. The van der Waals surface area contributed by atoms with E-state index in [1.165, 1.54) is 0 Å². The third-order valence-electron chi connectivity index (χ3n) is 3.30. The van der Waals surface area contributed by atoms with Gasteiger partial charge in [0.1, 0.15) is 0 Å². The molecular weight excluding hydrogens is 288 g/mol. The predicted molar refractivity (Wildman–Crippen MR) is 84.7 cm³/mol. The van der Waals surface area contributed by atoms with E-state index in [9.17, 15) is 4.79 Å². The van der Waals surface area contributed by atoms with Gasteiger partial charge in [0.2, 0.25) is 5.91 Å². The summed E-state index contributed by atoms with van der Waals surface area (Å²) in [5, 5.41) is 3.47. The van der Waals surface area contributed by atoms with Crippen molar-refractivity contribution in [2.45, 2.75) is 19.8 Å². The number of para-hydroxylation sites is 1. The van der Waals surface area contributed by atoms with E-state index in [4.69, 9.17) is 17.3 Å². The van der Waals surface area contributed by atoms with Gasteiger partial charge in [0.15, 0.2) is 0 Å². The molecule has 0 aliphatic carbocycles. The highest BCUT2D eigenvalue weighted by Gasteiger charge is 2.18. The molecule has 1 aromatic carbocycles. The van der Waals surface area contributed by atoms with Crippen molar-refractivity contribution in [3.63, 3.8) is 0 Å². The first kappa shape index (κ1) is 15.5. The Morgan fingerprint density at radius 2 is 2.33 bits per heavy atom. The largest absolute Gasteiger partial charge is 0.330 e. The van der Waals surface area contributed by atoms with Gasteiger partial charge in [-0.25, -0.2) is 4.98 Å². The Labute approximate surface area is 129 Å². The van der Waals surface area contributed by atoms with Gasteiger partial charge >= 0.3 is 0 Å². The molecule has 0 bridgehead atoms. The van der Waals surface area contributed by atoms with Gasteiger partial charge < -0.3 is 15.6 Å². The highest BCUT2D eigenvalue weighted by molar-refractivity contribution is 6.33. The molecular formula is C15H19ClN4O. The topological polar surface area (TPSA) is 72.9 Å². The number of benzene rings is 1. The third-order valence-corrected chi connectivity index (χ3v) is 3.60. The van der Waals surface area contributed by atoms with E-state index in [0.29, 0.717) is 22.9 Å². The quantitative estimate of drug-likeness (QED) is 0.862. The van der Waals surface area contributed by atoms with Crippen molar-refractivity contribution in [2.75, 3.05) is 11.9 Å². The van der Waals surface area contributed by atoms with Gasteiger partial charge in [0.25, 0.3) is 0 Å². The summed E-state index contributed by atoms with van der Waals surface area (Å²) in [5.74, 6) is -0.271. The van der Waals surface area contributed by atoms with E-state index in [1.807, 2.05) is 13.0 Å². The molecule has 1 atom stereocenters. The van der Waals surface area contributed by atoms with E-state index in [0.717, 1.165) is 12.8 Å². The number of anilines is 1. The average molecular weight is 307 g/mol. The first-order valence-corrected chi connectivity index (χ1v) is 7.33. The normalized spacial score (nSPS) is 12.1. The maximum absolute atomic E-state index is 12.3. The van der Waals surface area contributed by atoms with Crippen molar-refractivity contribution in [2.24, 2.45) is 11.7 Å². The van der Waals surface area contributed by atoms with Crippen LogP contribution in [0.1, 0.15) is 19.8 Å². The van der Waals surface area contributed by atoms with Crippen LogP contribution >= 0.6 is 11.6 Å². The van der Waals surface area contributed by atoms with Crippen LogP contribution < -0.4 is 11.1 Å². The minimum absolute atomic E-state index is 0.0806. The average Bonchev–Trinajstić information content (AvgIpc) is 2.98. The minimum atomic E-state index is -0.190. The lowest BCUT2D eigenvalue weighted by molar-refractivity contribution is -0.119. The van der Waals surface area contributed by atoms with Crippen molar-refractivity contribution < 1.29 is 4.79 Å². The lowest BCUT2D eigenvalue weighted by Crippen LogP contribution is -2.29. The fraction of sp³-hybridized carbons (Fsp3) is 0.333. The Morgan fingerprint density at radius 1 is 1.52 bits per heavy atom. The number of aromatic nitrogens is 2. The maximum Gasteiger partial charge on any atom is 0.228 e. The fourth-order valence-electron chi connectivity index (χ4n) is 2.21. The highest BCUT2D eigenvalue weighted by atomic mass is 35.5. The van der Waals surface area contributed by atoms with Gasteiger partial charge in [-0.1, -0.05) is 31.0 Å². The molecule has 6 heteroatoms. The molecule has 21 heavy (non-hydrogen) atoms. The van der Waals surface area contributed by atoms with Crippen molar-refractivity contribution in [3.05, 3.63) is 41.9 Å². The first-order chi connectivity index (χ1) is 10.2. The van der Waals surface area contributed by atoms with Gasteiger partial charge in [-0.2, -0.15) is 0 Å². The number of carbonyl (C=O) groups is 1. The molecule has 0 saturated heterocycles. The van der Waals surface area contributed by atoms with Gasteiger partial charge in [-0.05, 0) is 18.6 Å². The summed E-state index contributed by atoms with van der Waals surface area (Å²) in [6.45, 7) is 2.37. The molecule has 0 saturated carbocycles. The lowest BCUT2D eigenvalue weighted by atomic mass is 10.0. The monoisotopic (exact) mass is 306 g/mol. The molecule has 1 amide bonds. The molecule has 0 aliphatic heterocycles. The summed E-state index contributed by atoms with van der Waals surface area (Å²) < 4.78 is 1.77. The van der Waals surface area contributed by atoms with E-state index < -0.39 is 0 Å². The summed E-state index contributed by atoms with van der Waals surface area (Å²) in [7, 11) is 0. The fourth-order valence-corrected chi connectivity index (χ4v) is 2.48. The van der Waals surface area contributed by atoms with Crippen molar-refractivity contribution in [1.29, 1.82) is 0 Å². The number of imidazole rings is 1. The summed E-state index contributed by atoms with van der Waals surface area (Å²) >= 11 is 6.25. The summed E-state index contributed by atoms with van der Waals surface area (Å²) in [4.78, 5) is 16.3. The minimum Gasteiger partial charge on any atom is -0.330 e. The van der Waals surface area contributed by atoms with Crippen molar-refractivity contribution in [1.82, 2.24) is 9.55 Å². The van der Waals surface area contributed by atoms with Crippen LogP contribution in [-0.4, -0.2) is 22.0 Å². The van der Waals surface area contributed by atoms with Gasteiger partial charge in [-0.15, -0.1) is 0 Å². The highest BCUT2D eigenvalue weighted by Crippen LogP contribution is 2.28. The summed E-state index contributed by atoms with van der Waals surface area (Å²) in [6.07, 6.45) is 6.77. The molecule has 0 fully saturated rings. The second-order valence-corrected chi connectivity index (χ2v) is 5.22. The molecule has 112 valence electrons. The number of halogens is 1. The molecule has 0 radical (unpaired) electrons. The predicted octanol–water partition coefficient (Wildman–Crippen LogP) is 2.84. The molecule has 1 aromatic heterocycles. The SMILES string of the molecule is CCCC(CN)C(=O)Nc1cccc(Cl)c1-n1ccnc1. The molecule has 1 unspecified atom stereocenters. The second-order valence-electron chi connectivity index (χ2n) is 4.82. The Bertz CT molecular complexity index is 598. The third kappa shape index (κ3) is 3.62. The summed E-state index contributed by atoms with van der Waals surface area (Å²) in [5.41, 5.74) is 7.03. The van der Waals surface area contributed by atoms with Crippen LogP contribution in [-0.2, 0) is 4.79 Å². The zero-order valence-electron chi connectivity index (χ0n) is 11.9. The van der Waals surface area contributed by atoms with E-state index in [-0.39, 0.29) is 11.8 Å². The van der Waals surface area contributed by atoms with Gasteiger partial charge in [-0.3, -0.25) is 4.79 Å². The van der Waals surface area contributed by atoms with Crippen molar-refractivity contribution in [3.8, 4) is 5.69 Å². The molecule has 2 aromatic rings. The Morgan fingerprint density at radius 3 is 2.95 bits per heavy atom. The number of rotatable bonds is 6. The van der Waals surface area contributed by atoms with E-state index in [2.05, 4.69) is 10.3 Å². The molecule has 0 aliphatic rings. The maximum atomic E-state index is 12.3. The molecule has 1 heterocycles. The first-order valence-electron chi connectivity index (χ1n) is 6.95. The number of nitrogens with one attached hydrogen (secondary N) is 1. The van der Waals surface area contributed by atoms with Crippen molar-refractivity contribution >= 4 is 23.2 Å². The molecule has 0 spiro atoms. The number of hydrogen-bond acceptors (Lipinski definition) is 3. The zero-order chi connectivity index (χ0) is 15.2. The Kier molecular flexibility index (Phi) is 5.36. The molecule has 3 N–H and O–H groups in total. The number of carbonyl (C=O) groups excluding carboxylic acids is 1. The van der Waals surface area contributed by atoms with Crippen LogP contribution in [0.25, 0.3) is 5.69 Å². The van der Waals surface area contributed by atoms with Crippen LogP contribution in [0.5, 0.6) is 0 Å². The number of nitrogens with two attached hydrogens (primary N) is 1. The van der Waals surface area contributed by atoms with E-state index in [1.54, 1.807) is 35.4 Å². The van der Waals surface area contributed by atoms with Crippen LogP contribution in [0.4, 0.5) is 5.69 Å². The van der Waals surface area contributed by atoms with Crippen LogP contribution in [0, 0.1) is 5.92 Å². The summed E-state index contributed by atoms with van der Waals surface area (Å²) in [6, 6.07) is 5.40. The van der Waals surface area contributed by atoms with Crippen LogP contribution in [0.2, 0.25) is 5.02 Å². The van der Waals surface area contributed by atoms with Crippen LogP contribution in [0.3, 0.4) is 0 Å². The standard InChI is InChI=1S/C15H19ClN4O/c1-2-4-11(9-17)15(21)19-13-6-3-5-12(16)14(13)20-8-7-18-10-20/h3,5-8,10-11H,2,4,9,17H2,1H3,(H,19,21).